The minimum Gasteiger partial charge on any atom is -0.314 e. The van der Waals surface area contributed by atoms with Crippen molar-refractivity contribution in [3.05, 3.63) is 39.1 Å². The van der Waals surface area contributed by atoms with E-state index in [4.69, 9.17) is 4.98 Å². The molecule has 6 heterocycles. The highest BCUT2D eigenvalue weighted by atomic mass is 32.1. The zero-order chi connectivity index (χ0) is 16.1. The molecule has 0 unspecified atom stereocenters. The molecule has 5 nitrogen and oxygen atoms in total. The first-order valence-corrected chi connectivity index (χ1v) is 10.1. The SMILES string of the molecule is O=c1[nH]c(C[N+]23CCN(CC2)CC3)nc2scc(-c3cccs3)c12. The number of aromatic amines is 1. The summed E-state index contributed by atoms with van der Waals surface area (Å²) in [4.78, 5) is 25.1. The monoisotopic (exact) mass is 359 g/mol. The second kappa shape index (κ2) is 5.49. The molecule has 7 heteroatoms. The van der Waals surface area contributed by atoms with Crippen LogP contribution in [0.15, 0.2) is 27.7 Å². The number of hydrogen-bond donors (Lipinski definition) is 1. The lowest BCUT2D eigenvalue weighted by Gasteiger charge is -2.50. The van der Waals surface area contributed by atoms with Gasteiger partial charge in [-0.25, -0.2) is 4.98 Å². The Morgan fingerprint density at radius 2 is 2.00 bits per heavy atom. The Labute approximate surface area is 147 Å². The summed E-state index contributed by atoms with van der Waals surface area (Å²) in [7, 11) is 0. The number of nitrogens with zero attached hydrogens (tertiary/aromatic N) is 3. The van der Waals surface area contributed by atoms with Gasteiger partial charge in [-0.2, -0.15) is 0 Å². The quantitative estimate of drug-likeness (QED) is 0.731. The predicted molar refractivity (Wildman–Crippen MR) is 98.6 cm³/mol. The Morgan fingerprint density at radius 1 is 1.21 bits per heavy atom. The number of rotatable bonds is 3. The van der Waals surface area contributed by atoms with Gasteiger partial charge in [-0.15, -0.1) is 22.7 Å². The van der Waals surface area contributed by atoms with Crippen molar-refractivity contribution in [3.8, 4) is 10.4 Å². The van der Waals surface area contributed by atoms with E-state index in [2.05, 4.69) is 21.3 Å². The summed E-state index contributed by atoms with van der Waals surface area (Å²) in [5, 5.41) is 4.85. The van der Waals surface area contributed by atoms with Crippen LogP contribution in [0, 0.1) is 0 Å². The molecule has 3 saturated heterocycles. The van der Waals surface area contributed by atoms with Crippen LogP contribution in [-0.2, 0) is 6.54 Å². The van der Waals surface area contributed by atoms with Gasteiger partial charge in [0, 0.05) is 35.5 Å². The number of fused-ring (bicyclic) bond motifs is 4. The Hall–Kier alpha value is -1.54. The van der Waals surface area contributed by atoms with Crippen LogP contribution < -0.4 is 5.56 Å². The highest BCUT2D eigenvalue weighted by Crippen LogP contribution is 2.33. The molecule has 3 aromatic rings. The highest BCUT2D eigenvalue weighted by Gasteiger charge is 2.39. The maximum atomic E-state index is 12.7. The minimum absolute atomic E-state index is 0.00787. The van der Waals surface area contributed by atoms with E-state index in [1.54, 1.807) is 22.7 Å². The summed E-state index contributed by atoms with van der Waals surface area (Å²) in [5.74, 6) is 0.849. The predicted octanol–water partition coefficient (Wildman–Crippen LogP) is 2.36. The van der Waals surface area contributed by atoms with Gasteiger partial charge in [-0.1, -0.05) is 6.07 Å². The van der Waals surface area contributed by atoms with Crippen molar-refractivity contribution < 1.29 is 4.48 Å². The van der Waals surface area contributed by atoms with Gasteiger partial charge in [0.15, 0.2) is 5.82 Å². The van der Waals surface area contributed by atoms with Crippen molar-refractivity contribution >= 4 is 32.9 Å². The molecule has 2 bridgehead atoms. The highest BCUT2D eigenvalue weighted by molar-refractivity contribution is 7.18. The summed E-state index contributed by atoms with van der Waals surface area (Å²) < 4.78 is 1.08. The van der Waals surface area contributed by atoms with Crippen molar-refractivity contribution in [2.24, 2.45) is 0 Å². The number of nitrogens with one attached hydrogen (secondary N) is 1. The molecule has 6 rings (SSSR count). The molecule has 3 aliphatic heterocycles. The van der Waals surface area contributed by atoms with Crippen molar-refractivity contribution in [1.82, 2.24) is 14.9 Å². The maximum Gasteiger partial charge on any atom is 0.260 e. The Bertz CT molecular complexity index is 922. The van der Waals surface area contributed by atoms with Gasteiger partial charge in [0.05, 0.1) is 25.0 Å². The third-order valence-corrected chi connectivity index (χ3v) is 7.21. The smallest absolute Gasteiger partial charge is 0.260 e. The molecule has 24 heavy (non-hydrogen) atoms. The lowest BCUT2D eigenvalue weighted by atomic mass is 10.1. The van der Waals surface area contributed by atoms with E-state index in [0.29, 0.717) is 0 Å². The average molecular weight is 360 g/mol. The number of thiophene rings is 2. The molecule has 3 aromatic heterocycles. The molecule has 1 N–H and O–H groups in total. The molecule has 0 aromatic carbocycles. The third-order valence-electron chi connectivity index (χ3n) is 5.44. The van der Waals surface area contributed by atoms with Gasteiger partial charge in [-0.05, 0) is 11.4 Å². The topological polar surface area (TPSA) is 49.0 Å². The zero-order valence-corrected chi connectivity index (χ0v) is 15.0. The van der Waals surface area contributed by atoms with Crippen molar-refractivity contribution in [3.63, 3.8) is 0 Å². The number of aromatic nitrogens is 2. The Morgan fingerprint density at radius 3 is 2.71 bits per heavy atom. The van der Waals surface area contributed by atoms with Crippen molar-refractivity contribution in [1.29, 1.82) is 0 Å². The number of H-pyrrole nitrogens is 1. The van der Waals surface area contributed by atoms with E-state index in [9.17, 15) is 4.79 Å². The molecule has 0 spiro atoms. The summed E-state index contributed by atoms with van der Waals surface area (Å²) in [5.41, 5.74) is 1.03. The van der Waals surface area contributed by atoms with Gasteiger partial charge >= 0.3 is 0 Å². The molecule has 0 radical (unpaired) electrons. The normalized spacial score (nSPS) is 26.2. The van der Waals surface area contributed by atoms with Crippen LogP contribution in [0.3, 0.4) is 0 Å². The minimum atomic E-state index is 0.00787. The van der Waals surface area contributed by atoms with Crippen LogP contribution in [0.25, 0.3) is 20.7 Å². The van der Waals surface area contributed by atoms with E-state index in [1.165, 1.54) is 39.3 Å². The first-order chi connectivity index (χ1) is 11.7. The van der Waals surface area contributed by atoms with E-state index in [0.717, 1.165) is 37.5 Å². The number of piperazine rings is 3. The summed E-state index contributed by atoms with van der Waals surface area (Å²) in [6.07, 6.45) is 0. The maximum absolute atomic E-state index is 12.7. The van der Waals surface area contributed by atoms with E-state index >= 15 is 0 Å². The molecule has 0 atom stereocenters. The standard InChI is InChI=1S/C17H18N4OS2/c22-16-15-12(13-2-1-9-23-13)11-24-17(15)19-14(18-16)10-21-6-3-20(4-7-21)5-8-21/h1-2,9,11H,3-8,10H2/p+1. The molecule has 0 saturated carbocycles. The molecule has 3 fully saturated rings. The van der Waals surface area contributed by atoms with Crippen LogP contribution in [0.5, 0.6) is 0 Å². The van der Waals surface area contributed by atoms with Crippen LogP contribution in [0.4, 0.5) is 0 Å². The lowest BCUT2D eigenvalue weighted by molar-refractivity contribution is -0.953. The van der Waals surface area contributed by atoms with E-state index < -0.39 is 0 Å². The van der Waals surface area contributed by atoms with Crippen molar-refractivity contribution in [2.75, 3.05) is 39.3 Å². The molecule has 124 valence electrons. The van der Waals surface area contributed by atoms with Crippen LogP contribution >= 0.6 is 22.7 Å². The van der Waals surface area contributed by atoms with Gasteiger partial charge < -0.3 is 9.47 Å². The largest absolute Gasteiger partial charge is 0.314 e. The molecule has 0 aliphatic carbocycles. The number of hydrogen-bond acceptors (Lipinski definition) is 5. The van der Waals surface area contributed by atoms with Crippen LogP contribution in [0.1, 0.15) is 5.82 Å². The summed E-state index contributed by atoms with van der Waals surface area (Å²) in [6, 6.07) is 4.08. The van der Waals surface area contributed by atoms with Gasteiger partial charge in [0.1, 0.15) is 11.4 Å². The van der Waals surface area contributed by atoms with E-state index in [-0.39, 0.29) is 5.56 Å². The second-order valence-corrected chi connectivity index (χ2v) is 8.64. The molecular weight excluding hydrogens is 340 g/mol. The van der Waals surface area contributed by atoms with Gasteiger partial charge in [-0.3, -0.25) is 9.69 Å². The van der Waals surface area contributed by atoms with Crippen LogP contribution in [0.2, 0.25) is 0 Å². The zero-order valence-electron chi connectivity index (χ0n) is 13.3. The fourth-order valence-electron chi connectivity index (χ4n) is 3.97. The first-order valence-electron chi connectivity index (χ1n) is 8.34. The van der Waals surface area contributed by atoms with Crippen molar-refractivity contribution in [2.45, 2.75) is 6.54 Å². The molecule has 3 aliphatic rings. The third kappa shape index (κ3) is 2.35. The second-order valence-electron chi connectivity index (χ2n) is 6.83. The Balaban J connectivity index is 1.53. The van der Waals surface area contributed by atoms with Crippen LogP contribution in [-0.4, -0.2) is 58.6 Å². The van der Waals surface area contributed by atoms with Gasteiger partial charge in [0.25, 0.3) is 5.56 Å². The molecule has 0 amide bonds. The summed E-state index contributed by atoms with van der Waals surface area (Å²) >= 11 is 3.24. The average Bonchev–Trinajstić information content (AvgIpc) is 3.25. The van der Waals surface area contributed by atoms with Gasteiger partial charge in [0.2, 0.25) is 0 Å². The lowest BCUT2D eigenvalue weighted by Crippen LogP contribution is -2.66. The number of quaternary nitrogens is 1. The molecular formula is C17H19N4OS2+. The summed E-state index contributed by atoms with van der Waals surface area (Å²) in [6.45, 7) is 7.90. The van der Waals surface area contributed by atoms with E-state index in [1.807, 2.05) is 11.4 Å². The fourth-order valence-corrected chi connectivity index (χ4v) is 5.75. The first kappa shape index (κ1) is 14.8. The fraction of sp³-hybridized carbons (Fsp3) is 0.412. The Kier molecular flexibility index (Phi) is 3.38.